The van der Waals surface area contributed by atoms with Crippen LogP contribution in [-0.2, 0) is 18.4 Å². The summed E-state index contributed by atoms with van der Waals surface area (Å²) in [6.07, 6.45) is 42.9. The summed E-state index contributed by atoms with van der Waals surface area (Å²) in [6, 6.07) is -0.912. The molecule has 3 unspecified atom stereocenters. The van der Waals surface area contributed by atoms with Gasteiger partial charge in [0.1, 0.15) is 13.2 Å². The fraction of sp³-hybridized carbons (Fsp3) is 0.791. The molecule has 0 aliphatic carbocycles. The van der Waals surface area contributed by atoms with Crippen LogP contribution in [0.2, 0.25) is 0 Å². The number of amides is 1. The van der Waals surface area contributed by atoms with Crippen LogP contribution in [0.5, 0.6) is 0 Å². The zero-order valence-corrected chi connectivity index (χ0v) is 35.1. The molecule has 0 aliphatic rings. The van der Waals surface area contributed by atoms with Crippen molar-refractivity contribution in [1.29, 1.82) is 0 Å². The van der Waals surface area contributed by atoms with E-state index in [9.17, 15) is 19.4 Å². The minimum Gasteiger partial charge on any atom is -0.756 e. The normalized spacial score (nSPS) is 15.0. The smallest absolute Gasteiger partial charge is 0.268 e. The van der Waals surface area contributed by atoms with E-state index in [1.165, 1.54) is 83.5 Å². The highest BCUT2D eigenvalue weighted by Crippen LogP contribution is 2.38. The monoisotopic (exact) mass is 753 g/mol. The number of rotatable bonds is 37. The van der Waals surface area contributed by atoms with E-state index in [-0.39, 0.29) is 12.5 Å². The van der Waals surface area contributed by atoms with E-state index in [2.05, 4.69) is 55.6 Å². The molecule has 9 heteroatoms. The maximum absolute atomic E-state index is 12.8. The lowest BCUT2D eigenvalue weighted by Crippen LogP contribution is -2.45. The number of carbonyl (C=O) groups excluding carboxylic acids is 1. The molecule has 0 saturated carbocycles. The molecule has 3 atom stereocenters. The highest BCUT2D eigenvalue weighted by Gasteiger charge is 2.23. The number of phosphoric acid groups is 1. The number of allylic oxidation sites excluding steroid dienone is 7. The summed E-state index contributed by atoms with van der Waals surface area (Å²) in [6.45, 7) is 4.57. The lowest BCUT2D eigenvalue weighted by molar-refractivity contribution is -0.870. The van der Waals surface area contributed by atoms with Crippen molar-refractivity contribution in [2.45, 2.75) is 180 Å². The van der Waals surface area contributed by atoms with Crippen LogP contribution in [0.25, 0.3) is 0 Å². The SMILES string of the molecule is CCCCCCC/C=C/CC/C=C/CC/C=C/C(O)C(COP(=O)([O-])OCC[N+](C)(C)C)NC(=O)CCCCCCC/C=C\CCCCCCCC. The quantitative estimate of drug-likeness (QED) is 0.0283. The first-order valence-electron chi connectivity index (χ1n) is 21.0. The number of nitrogens with zero attached hydrogens (tertiary/aromatic N) is 1. The lowest BCUT2D eigenvalue weighted by Gasteiger charge is -2.29. The number of aliphatic hydroxyl groups excluding tert-OH is 1. The lowest BCUT2D eigenvalue weighted by atomic mass is 10.1. The predicted molar refractivity (Wildman–Crippen MR) is 219 cm³/mol. The number of nitrogens with one attached hydrogen (secondary N) is 1. The molecule has 0 aromatic carbocycles. The van der Waals surface area contributed by atoms with E-state index < -0.39 is 26.6 Å². The van der Waals surface area contributed by atoms with Gasteiger partial charge in [-0.15, -0.1) is 0 Å². The van der Waals surface area contributed by atoms with Gasteiger partial charge in [-0.05, 0) is 70.6 Å². The first-order valence-corrected chi connectivity index (χ1v) is 22.5. The van der Waals surface area contributed by atoms with Crippen molar-refractivity contribution in [2.75, 3.05) is 40.9 Å². The summed E-state index contributed by atoms with van der Waals surface area (Å²) in [4.78, 5) is 25.2. The summed E-state index contributed by atoms with van der Waals surface area (Å²) in [7, 11) is 1.22. The summed E-state index contributed by atoms with van der Waals surface area (Å²) in [5, 5.41) is 13.7. The molecule has 0 aromatic heterocycles. The number of hydrogen-bond acceptors (Lipinski definition) is 6. The Morgan fingerprint density at radius 2 is 1.08 bits per heavy atom. The topological polar surface area (TPSA) is 108 Å². The number of aliphatic hydroxyl groups is 1. The van der Waals surface area contributed by atoms with Crippen molar-refractivity contribution in [1.82, 2.24) is 5.32 Å². The largest absolute Gasteiger partial charge is 0.756 e. The Labute approximate surface area is 320 Å². The molecular formula is C43H81N2O6P. The van der Waals surface area contributed by atoms with Gasteiger partial charge in [-0.25, -0.2) is 0 Å². The summed E-state index contributed by atoms with van der Waals surface area (Å²) >= 11 is 0. The Morgan fingerprint density at radius 3 is 1.56 bits per heavy atom. The summed E-state index contributed by atoms with van der Waals surface area (Å²) < 4.78 is 23.1. The number of likely N-dealkylation sites (N-methyl/N-ethyl adjacent to an activating group) is 1. The third-order valence-electron chi connectivity index (χ3n) is 8.99. The van der Waals surface area contributed by atoms with Gasteiger partial charge >= 0.3 is 0 Å². The fourth-order valence-corrected chi connectivity index (χ4v) is 6.31. The highest BCUT2D eigenvalue weighted by atomic mass is 31.2. The maximum atomic E-state index is 12.8. The zero-order chi connectivity index (χ0) is 38.6. The molecule has 8 nitrogen and oxygen atoms in total. The fourth-order valence-electron chi connectivity index (χ4n) is 5.59. The van der Waals surface area contributed by atoms with E-state index in [1.807, 2.05) is 27.2 Å². The molecule has 0 radical (unpaired) electrons. The number of quaternary nitrogens is 1. The van der Waals surface area contributed by atoms with Crippen LogP contribution in [-0.4, -0.2) is 68.5 Å². The van der Waals surface area contributed by atoms with Crippen LogP contribution in [0.4, 0.5) is 0 Å². The van der Waals surface area contributed by atoms with Crippen molar-refractivity contribution in [3.8, 4) is 0 Å². The second kappa shape index (κ2) is 35.2. The van der Waals surface area contributed by atoms with Gasteiger partial charge in [0.15, 0.2) is 0 Å². The van der Waals surface area contributed by atoms with Crippen molar-refractivity contribution in [3.05, 3.63) is 48.6 Å². The van der Waals surface area contributed by atoms with Crippen LogP contribution >= 0.6 is 7.82 Å². The van der Waals surface area contributed by atoms with Crippen LogP contribution in [0.3, 0.4) is 0 Å². The second-order valence-electron chi connectivity index (χ2n) is 15.3. The van der Waals surface area contributed by atoms with Gasteiger partial charge in [-0.2, -0.15) is 0 Å². The van der Waals surface area contributed by atoms with Crippen molar-refractivity contribution in [3.63, 3.8) is 0 Å². The van der Waals surface area contributed by atoms with Gasteiger partial charge in [-0.3, -0.25) is 9.36 Å². The van der Waals surface area contributed by atoms with Gasteiger partial charge < -0.3 is 28.8 Å². The molecule has 52 heavy (non-hydrogen) atoms. The Morgan fingerprint density at radius 1 is 0.654 bits per heavy atom. The van der Waals surface area contributed by atoms with Gasteiger partial charge in [0.25, 0.3) is 7.82 Å². The number of hydrogen-bond donors (Lipinski definition) is 2. The van der Waals surface area contributed by atoms with Crippen LogP contribution in [0, 0.1) is 0 Å². The van der Waals surface area contributed by atoms with E-state index >= 15 is 0 Å². The average Bonchev–Trinajstić information content (AvgIpc) is 3.09. The van der Waals surface area contributed by atoms with Gasteiger partial charge in [0, 0.05) is 6.42 Å². The molecular weight excluding hydrogens is 671 g/mol. The summed E-state index contributed by atoms with van der Waals surface area (Å²) in [5.74, 6) is -0.223. The number of carbonyl (C=O) groups is 1. The van der Waals surface area contributed by atoms with E-state index in [0.717, 1.165) is 64.2 Å². The van der Waals surface area contributed by atoms with Crippen molar-refractivity contribution < 1.29 is 32.9 Å². The highest BCUT2D eigenvalue weighted by molar-refractivity contribution is 7.45. The molecule has 0 spiro atoms. The molecule has 0 aromatic rings. The van der Waals surface area contributed by atoms with E-state index in [1.54, 1.807) is 6.08 Å². The van der Waals surface area contributed by atoms with Gasteiger partial charge in [-0.1, -0.05) is 140 Å². The first-order chi connectivity index (χ1) is 25.0. The molecule has 0 rings (SSSR count). The molecule has 0 fully saturated rings. The second-order valence-corrected chi connectivity index (χ2v) is 16.7. The molecule has 0 heterocycles. The Kier molecular flexibility index (Phi) is 34.1. The Balaban J connectivity index is 4.58. The van der Waals surface area contributed by atoms with E-state index in [0.29, 0.717) is 17.4 Å². The third-order valence-corrected chi connectivity index (χ3v) is 9.95. The van der Waals surface area contributed by atoms with Gasteiger partial charge in [0.05, 0.1) is 39.9 Å². The average molecular weight is 753 g/mol. The van der Waals surface area contributed by atoms with Crippen molar-refractivity contribution >= 4 is 13.7 Å². The van der Waals surface area contributed by atoms with E-state index in [4.69, 9.17) is 9.05 Å². The van der Waals surface area contributed by atoms with Crippen LogP contribution in [0.1, 0.15) is 168 Å². The minimum absolute atomic E-state index is 0.0117. The summed E-state index contributed by atoms with van der Waals surface area (Å²) in [5.41, 5.74) is 0. The number of phosphoric ester groups is 1. The zero-order valence-electron chi connectivity index (χ0n) is 34.2. The number of unbranched alkanes of at least 4 members (excludes halogenated alkanes) is 18. The predicted octanol–water partition coefficient (Wildman–Crippen LogP) is 10.7. The maximum Gasteiger partial charge on any atom is 0.268 e. The molecule has 2 N–H and O–H groups in total. The van der Waals surface area contributed by atoms with Crippen molar-refractivity contribution in [2.24, 2.45) is 0 Å². The Hall–Kier alpha value is -1.54. The third kappa shape index (κ3) is 36.8. The van der Waals surface area contributed by atoms with Crippen LogP contribution < -0.4 is 10.2 Å². The minimum atomic E-state index is -4.60. The molecule has 1 amide bonds. The standard InChI is InChI=1S/C43H81N2O6P/c1-6-8-10-12-14-16-18-20-22-24-26-28-30-32-34-36-42(46)41(40-51-52(48,49)50-39-38-45(3,4)5)44-43(47)37-35-33-31-29-27-25-23-21-19-17-15-13-11-9-7-2/h18,20-21,23,26,28,34,36,41-42,46H,6-17,19,22,24-25,27,29-33,35,37-40H2,1-5H3,(H-,44,47,48,49)/b20-18+,23-21-,28-26+,36-34+. The van der Waals surface area contributed by atoms with Crippen LogP contribution in [0.15, 0.2) is 48.6 Å². The molecule has 304 valence electrons. The Bertz CT molecular complexity index is 991. The van der Waals surface area contributed by atoms with Gasteiger partial charge in [0.2, 0.25) is 5.91 Å². The molecule has 0 aliphatic heterocycles. The molecule has 0 saturated heterocycles. The first kappa shape index (κ1) is 50.5. The molecule has 0 bridgehead atoms.